The molecule has 0 N–H and O–H groups in total. The van der Waals surface area contributed by atoms with E-state index in [0.717, 1.165) is 20.1 Å². The highest BCUT2D eigenvalue weighted by Crippen LogP contribution is 2.27. The van der Waals surface area contributed by atoms with Crippen LogP contribution in [0.1, 0.15) is 23.7 Å². The molecule has 4 aromatic rings. The molecule has 0 saturated heterocycles. The molecular weight excluding hydrogens is 368 g/mol. The number of rotatable bonds is 3. The Labute approximate surface area is 137 Å². The standard InChI is InChI=1S/C13H11BrN6OS/c1-7-9(14)6-19(17-7)8(2)12-18-20-11(10-4-3-5-21-10)15-16-13(20)22-12/h3-6,8H,1-2H3. The second-order valence-electron chi connectivity index (χ2n) is 4.85. The van der Waals surface area contributed by atoms with Gasteiger partial charge in [0.15, 0.2) is 5.76 Å². The maximum absolute atomic E-state index is 5.38. The topological polar surface area (TPSA) is 74.0 Å². The maximum Gasteiger partial charge on any atom is 0.235 e. The van der Waals surface area contributed by atoms with Crippen LogP contribution in [-0.4, -0.2) is 29.6 Å². The third kappa shape index (κ3) is 2.08. The molecule has 112 valence electrons. The molecule has 0 fully saturated rings. The van der Waals surface area contributed by atoms with Crippen LogP contribution in [0, 0.1) is 6.92 Å². The van der Waals surface area contributed by atoms with Crippen LogP contribution in [0.3, 0.4) is 0 Å². The van der Waals surface area contributed by atoms with E-state index >= 15 is 0 Å². The van der Waals surface area contributed by atoms with E-state index in [1.807, 2.05) is 29.9 Å². The first-order chi connectivity index (χ1) is 10.6. The summed E-state index contributed by atoms with van der Waals surface area (Å²) in [6.07, 6.45) is 3.56. The summed E-state index contributed by atoms with van der Waals surface area (Å²) in [5.41, 5.74) is 0.950. The Morgan fingerprint density at radius 3 is 2.86 bits per heavy atom. The van der Waals surface area contributed by atoms with E-state index < -0.39 is 0 Å². The van der Waals surface area contributed by atoms with E-state index in [1.165, 1.54) is 11.3 Å². The lowest BCUT2D eigenvalue weighted by Gasteiger charge is -2.07. The van der Waals surface area contributed by atoms with Crippen LogP contribution in [0.15, 0.2) is 33.5 Å². The highest BCUT2D eigenvalue weighted by atomic mass is 79.9. The Balaban J connectivity index is 1.77. The molecule has 0 bridgehead atoms. The molecule has 1 unspecified atom stereocenters. The molecule has 7 nitrogen and oxygen atoms in total. The molecule has 0 amide bonds. The lowest BCUT2D eigenvalue weighted by Crippen LogP contribution is -2.08. The Morgan fingerprint density at radius 2 is 2.18 bits per heavy atom. The van der Waals surface area contributed by atoms with Gasteiger partial charge in [-0.1, -0.05) is 11.3 Å². The molecule has 4 aromatic heterocycles. The molecular formula is C13H11BrN6OS. The third-order valence-corrected chi connectivity index (χ3v) is 5.21. The summed E-state index contributed by atoms with van der Waals surface area (Å²) < 4.78 is 9.96. The second kappa shape index (κ2) is 5.03. The number of furan rings is 1. The Kier molecular flexibility index (Phi) is 3.12. The van der Waals surface area contributed by atoms with Crippen molar-refractivity contribution in [2.45, 2.75) is 19.9 Å². The fourth-order valence-electron chi connectivity index (χ4n) is 2.13. The summed E-state index contributed by atoms with van der Waals surface area (Å²) in [6, 6.07) is 3.67. The Bertz CT molecular complexity index is 918. The zero-order chi connectivity index (χ0) is 15.3. The van der Waals surface area contributed by atoms with Gasteiger partial charge in [0, 0.05) is 6.20 Å². The molecule has 22 heavy (non-hydrogen) atoms. The molecule has 0 aliphatic carbocycles. The van der Waals surface area contributed by atoms with Gasteiger partial charge in [-0.3, -0.25) is 4.68 Å². The average molecular weight is 379 g/mol. The van der Waals surface area contributed by atoms with E-state index in [2.05, 4.69) is 43.2 Å². The van der Waals surface area contributed by atoms with Crippen LogP contribution in [0.5, 0.6) is 0 Å². The number of hydrogen-bond donors (Lipinski definition) is 0. The number of aromatic nitrogens is 6. The van der Waals surface area contributed by atoms with Crippen molar-refractivity contribution >= 4 is 32.2 Å². The smallest absolute Gasteiger partial charge is 0.235 e. The van der Waals surface area contributed by atoms with Gasteiger partial charge < -0.3 is 4.42 Å². The third-order valence-electron chi connectivity index (χ3n) is 3.36. The van der Waals surface area contributed by atoms with Crippen LogP contribution in [0.25, 0.3) is 16.5 Å². The van der Waals surface area contributed by atoms with Crippen molar-refractivity contribution < 1.29 is 4.42 Å². The molecule has 0 aliphatic heterocycles. The minimum Gasteiger partial charge on any atom is -0.461 e. The number of halogens is 1. The molecule has 4 heterocycles. The fourth-order valence-corrected chi connectivity index (χ4v) is 3.30. The number of hydrogen-bond acceptors (Lipinski definition) is 6. The molecule has 9 heteroatoms. The van der Waals surface area contributed by atoms with Crippen molar-refractivity contribution in [3.8, 4) is 11.6 Å². The highest BCUT2D eigenvalue weighted by molar-refractivity contribution is 9.10. The molecule has 0 aromatic carbocycles. The summed E-state index contributed by atoms with van der Waals surface area (Å²) in [5.74, 6) is 1.25. The van der Waals surface area contributed by atoms with E-state index in [4.69, 9.17) is 4.42 Å². The van der Waals surface area contributed by atoms with Crippen molar-refractivity contribution in [1.82, 2.24) is 29.6 Å². The Morgan fingerprint density at radius 1 is 1.32 bits per heavy atom. The molecule has 0 radical (unpaired) electrons. The van der Waals surface area contributed by atoms with Gasteiger partial charge in [0.05, 0.1) is 16.4 Å². The summed E-state index contributed by atoms with van der Waals surface area (Å²) in [6.45, 7) is 4.01. The fraction of sp³-hybridized carbons (Fsp3) is 0.231. The molecule has 1 atom stereocenters. The van der Waals surface area contributed by atoms with Gasteiger partial charge in [0.2, 0.25) is 10.8 Å². The van der Waals surface area contributed by atoms with E-state index in [9.17, 15) is 0 Å². The van der Waals surface area contributed by atoms with E-state index in [1.54, 1.807) is 10.8 Å². The molecule has 4 rings (SSSR count). The monoisotopic (exact) mass is 378 g/mol. The molecule has 0 spiro atoms. The van der Waals surface area contributed by atoms with Gasteiger partial charge in [-0.25, -0.2) is 0 Å². The van der Waals surface area contributed by atoms with Crippen molar-refractivity contribution in [2.24, 2.45) is 0 Å². The maximum atomic E-state index is 5.38. The number of fused-ring (bicyclic) bond motifs is 1. The van der Waals surface area contributed by atoms with Crippen molar-refractivity contribution in [3.63, 3.8) is 0 Å². The minimum absolute atomic E-state index is 0.0150. The van der Waals surface area contributed by atoms with E-state index in [-0.39, 0.29) is 6.04 Å². The number of aryl methyl sites for hydroxylation is 1. The van der Waals surface area contributed by atoms with Crippen LogP contribution in [0.4, 0.5) is 0 Å². The lowest BCUT2D eigenvalue weighted by atomic mass is 10.4. The largest absolute Gasteiger partial charge is 0.461 e. The van der Waals surface area contributed by atoms with Crippen LogP contribution < -0.4 is 0 Å². The number of nitrogens with zero attached hydrogens (tertiary/aromatic N) is 6. The predicted molar refractivity (Wildman–Crippen MR) is 84.8 cm³/mol. The summed E-state index contributed by atoms with van der Waals surface area (Å²) >= 11 is 4.98. The van der Waals surface area contributed by atoms with E-state index in [0.29, 0.717) is 11.6 Å². The van der Waals surface area contributed by atoms with Gasteiger partial charge in [-0.2, -0.15) is 14.7 Å². The first-order valence-corrected chi connectivity index (χ1v) is 8.21. The van der Waals surface area contributed by atoms with Gasteiger partial charge >= 0.3 is 0 Å². The highest BCUT2D eigenvalue weighted by Gasteiger charge is 2.20. The second-order valence-corrected chi connectivity index (χ2v) is 6.70. The quantitative estimate of drug-likeness (QED) is 0.546. The normalized spacial score (nSPS) is 13.0. The van der Waals surface area contributed by atoms with Crippen molar-refractivity contribution in [3.05, 3.63) is 39.8 Å². The molecule has 0 saturated carbocycles. The van der Waals surface area contributed by atoms with Gasteiger partial charge in [-0.05, 0) is 41.9 Å². The SMILES string of the molecule is Cc1nn(C(C)c2nn3c(-c4ccco4)nnc3s2)cc1Br. The lowest BCUT2D eigenvalue weighted by molar-refractivity contribution is 0.549. The van der Waals surface area contributed by atoms with Gasteiger partial charge in [0.1, 0.15) is 11.0 Å². The zero-order valence-corrected chi connectivity index (χ0v) is 14.2. The average Bonchev–Trinajstić information content (AvgIpc) is 3.22. The van der Waals surface area contributed by atoms with Crippen LogP contribution >= 0.6 is 27.3 Å². The predicted octanol–water partition coefficient (Wildman–Crippen LogP) is 3.32. The Hall–Kier alpha value is -2.00. The summed E-state index contributed by atoms with van der Waals surface area (Å²) in [7, 11) is 0. The van der Waals surface area contributed by atoms with Crippen LogP contribution in [-0.2, 0) is 0 Å². The van der Waals surface area contributed by atoms with Crippen molar-refractivity contribution in [2.75, 3.05) is 0 Å². The van der Waals surface area contributed by atoms with Crippen LogP contribution in [0.2, 0.25) is 0 Å². The summed E-state index contributed by atoms with van der Waals surface area (Å²) in [4.78, 5) is 0.733. The summed E-state index contributed by atoms with van der Waals surface area (Å²) in [5, 5.41) is 18.3. The van der Waals surface area contributed by atoms with Gasteiger partial charge in [0.25, 0.3) is 0 Å². The van der Waals surface area contributed by atoms with Gasteiger partial charge in [-0.15, -0.1) is 10.2 Å². The first kappa shape index (κ1) is 13.6. The first-order valence-electron chi connectivity index (χ1n) is 6.61. The zero-order valence-electron chi connectivity index (χ0n) is 11.8. The molecule has 0 aliphatic rings. The van der Waals surface area contributed by atoms with Crippen molar-refractivity contribution in [1.29, 1.82) is 0 Å². The minimum atomic E-state index is 0.0150.